The molecular formula is C18H24FN3O5. The Kier molecular flexibility index (Phi) is 5.52. The molecule has 0 radical (unpaired) electrons. The summed E-state index contributed by atoms with van der Waals surface area (Å²) in [5.74, 6) is -1.83. The first-order valence-corrected chi connectivity index (χ1v) is 8.99. The number of nitrogens with zero attached hydrogens (tertiary/aromatic N) is 1. The third-order valence-electron chi connectivity index (χ3n) is 5.16. The van der Waals surface area contributed by atoms with Gasteiger partial charge < -0.3 is 30.9 Å². The Morgan fingerprint density at radius 2 is 2.04 bits per heavy atom. The van der Waals surface area contributed by atoms with Crippen molar-refractivity contribution in [2.24, 2.45) is 0 Å². The quantitative estimate of drug-likeness (QED) is 0.507. The number of piperidine rings is 2. The molecule has 2 aliphatic rings. The van der Waals surface area contributed by atoms with E-state index in [0.717, 1.165) is 0 Å². The van der Waals surface area contributed by atoms with Crippen molar-refractivity contribution in [3.63, 3.8) is 0 Å². The van der Waals surface area contributed by atoms with Crippen LogP contribution in [0.3, 0.4) is 0 Å². The minimum Gasteiger partial charge on any atom is -0.481 e. The van der Waals surface area contributed by atoms with Crippen LogP contribution in [-0.4, -0.2) is 58.2 Å². The zero-order valence-corrected chi connectivity index (χ0v) is 14.8. The maximum atomic E-state index is 14.6. The van der Waals surface area contributed by atoms with Gasteiger partial charge >= 0.3 is 5.97 Å². The van der Waals surface area contributed by atoms with E-state index in [4.69, 9.17) is 5.11 Å². The number of aliphatic hydroxyl groups excluding tert-OH is 1. The predicted molar refractivity (Wildman–Crippen MR) is 95.8 cm³/mol. The van der Waals surface area contributed by atoms with E-state index in [1.165, 1.54) is 6.07 Å². The minimum atomic E-state index is -1.25. The van der Waals surface area contributed by atoms with Crippen LogP contribution in [0.5, 0.6) is 0 Å². The number of aliphatic hydroxyl groups is 2. The van der Waals surface area contributed by atoms with E-state index in [1.807, 2.05) is 0 Å². The number of amides is 1. The van der Waals surface area contributed by atoms with Crippen molar-refractivity contribution >= 4 is 23.3 Å². The Morgan fingerprint density at radius 1 is 1.33 bits per heavy atom. The van der Waals surface area contributed by atoms with Gasteiger partial charge in [0, 0.05) is 18.8 Å². The average molecular weight is 381 g/mol. The lowest BCUT2D eigenvalue weighted by molar-refractivity contribution is -0.143. The number of anilines is 2. The zero-order valence-electron chi connectivity index (χ0n) is 14.8. The minimum absolute atomic E-state index is 0.253. The molecule has 0 bridgehead atoms. The lowest BCUT2D eigenvalue weighted by Crippen LogP contribution is -2.49. The van der Waals surface area contributed by atoms with E-state index >= 15 is 0 Å². The first-order valence-electron chi connectivity index (χ1n) is 8.99. The van der Waals surface area contributed by atoms with Crippen molar-refractivity contribution in [1.82, 2.24) is 5.32 Å². The van der Waals surface area contributed by atoms with E-state index in [1.54, 1.807) is 17.0 Å². The van der Waals surface area contributed by atoms with Gasteiger partial charge in [0.15, 0.2) is 0 Å². The number of carboxylic acid groups (broad SMARTS) is 1. The summed E-state index contributed by atoms with van der Waals surface area (Å²) in [7, 11) is 0. The molecular weight excluding hydrogens is 357 g/mol. The number of carbonyl (C=O) groups excluding carboxylic acids is 1. The summed E-state index contributed by atoms with van der Waals surface area (Å²) in [6.45, 7) is 0.715. The molecule has 1 aromatic rings. The number of aliphatic carboxylic acids is 1. The molecule has 0 spiro atoms. The van der Waals surface area contributed by atoms with Gasteiger partial charge in [-0.25, -0.2) is 4.39 Å². The van der Waals surface area contributed by atoms with Gasteiger partial charge in [-0.1, -0.05) is 0 Å². The highest BCUT2D eigenvalue weighted by atomic mass is 19.1. The molecule has 0 aliphatic carbocycles. The van der Waals surface area contributed by atoms with Gasteiger partial charge in [0.2, 0.25) is 5.91 Å². The summed E-state index contributed by atoms with van der Waals surface area (Å²) < 4.78 is 14.6. The van der Waals surface area contributed by atoms with E-state index < -0.39 is 29.7 Å². The third kappa shape index (κ3) is 4.67. The van der Waals surface area contributed by atoms with Crippen molar-refractivity contribution in [1.29, 1.82) is 0 Å². The van der Waals surface area contributed by atoms with Crippen LogP contribution in [0.25, 0.3) is 0 Å². The molecule has 1 amide bonds. The molecule has 27 heavy (non-hydrogen) atoms. The molecule has 148 valence electrons. The molecule has 2 aliphatic heterocycles. The molecule has 2 fully saturated rings. The van der Waals surface area contributed by atoms with Crippen LogP contribution < -0.4 is 15.5 Å². The highest BCUT2D eigenvalue weighted by molar-refractivity contribution is 5.85. The highest BCUT2D eigenvalue weighted by Gasteiger charge is 2.35. The Morgan fingerprint density at radius 3 is 2.63 bits per heavy atom. The van der Waals surface area contributed by atoms with Gasteiger partial charge in [0.05, 0.1) is 17.7 Å². The molecule has 9 heteroatoms. The first kappa shape index (κ1) is 19.4. The standard InChI is InChI=1S/C18H24FN3O5/c19-12-9-11(20-13-2-4-15(23)21-17(13)26)1-3-14(12)22-7-5-18(27,6-8-22)10-16(24)25/h1,3,9,13,15,20,23,27H,2,4-8,10H2,(H,21,26)(H,24,25)/t13-,15?/m0/s1. The summed E-state index contributed by atoms with van der Waals surface area (Å²) in [6.07, 6.45) is 0.229. The van der Waals surface area contributed by atoms with Gasteiger partial charge in [0.1, 0.15) is 18.1 Å². The Balaban J connectivity index is 1.62. The van der Waals surface area contributed by atoms with Crippen LogP contribution in [0.1, 0.15) is 32.1 Å². The molecule has 0 saturated carbocycles. The van der Waals surface area contributed by atoms with Crippen LogP contribution in [-0.2, 0) is 9.59 Å². The van der Waals surface area contributed by atoms with Crippen molar-refractivity contribution in [3.8, 4) is 0 Å². The Labute approximate surface area is 156 Å². The smallest absolute Gasteiger partial charge is 0.306 e. The topological polar surface area (TPSA) is 122 Å². The van der Waals surface area contributed by atoms with Gasteiger partial charge in [-0.3, -0.25) is 9.59 Å². The maximum absolute atomic E-state index is 14.6. The number of rotatable bonds is 5. The fraction of sp³-hybridized carbons (Fsp3) is 0.556. The maximum Gasteiger partial charge on any atom is 0.306 e. The molecule has 0 aromatic heterocycles. The lowest BCUT2D eigenvalue weighted by atomic mass is 9.88. The number of halogens is 1. The molecule has 1 aromatic carbocycles. The fourth-order valence-electron chi connectivity index (χ4n) is 3.61. The lowest BCUT2D eigenvalue weighted by Gasteiger charge is -2.38. The Bertz CT molecular complexity index is 721. The number of nitrogens with one attached hydrogen (secondary N) is 2. The summed E-state index contributed by atoms with van der Waals surface area (Å²) in [4.78, 5) is 24.5. The average Bonchev–Trinajstić information content (AvgIpc) is 2.58. The number of carboxylic acids is 1. The summed E-state index contributed by atoms with van der Waals surface area (Å²) in [6, 6.07) is 4.06. The summed E-state index contributed by atoms with van der Waals surface area (Å²) in [5.41, 5.74) is -0.409. The van der Waals surface area contributed by atoms with Crippen molar-refractivity contribution < 1.29 is 29.3 Å². The summed E-state index contributed by atoms with van der Waals surface area (Å²) >= 11 is 0. The van der Waals surface area contributed by atoms with Crippen LogP contribution >= 0.6 is 0 Å². The van der Waals surface area contributed by atoms with Gasteiger partial charge in [-0.2, -0.15) is 0 Å². The molecule has 2 heterocycles. The van der Waals surface area contributed by atoms with Gasteiger partial charge in [-0.15, -0.1) is 0 Å². The third-order valence-corrected chi connectivity index (χ3v) is 5.16. The molecule has 2 saturated heterocycles. The highest BCUT2D eigenvalue weighted by Crippen LogP contribution is 2.31. The van der Waals surface area contributed by atoms with Gasteiger partial charge in [0.25, 0.3) is 0 Å². The van der Waals surface area contributed by atoms with E-state index in [2.05, 4.69) is 10.6 Å². The fourth-order valence-corrected chi connectivity index (χ4v) is 3.61. The SMILES string of the molecule is O=C(O)CC1(O)CCN(c2ccc(N[C@H]3CCC(O)NC3=O)cc2F)CC1. The van der Waals surface area contributed by atoms with Crippen molar-refractivity contribution in [2.45, 2.75) is 50.0 Å². The van der Waals surface area contributed by atoms with Crippen molar-refractivity contribution in [2.75, 3.05) is 23.3 Å². The summed E-state index contributed by atoms with van der Waals surface area (Å²) in [5, 5.41) is 34.0. The van der Waals surface area contributed by atoms with Gasteiger partial charge in [-0.05, 0) is 43.9 Å². The zero-order chi connectivity index (χ0) is 19.6. The normalized spacial score (nSPS) is 25.0. The number of hydrogen-bond acceptors (Lipinski definition) is 6. The molecule has 1 unspecified atom stereocenters. The van der Waals surface area contributed by atoms with E-state index in [-0.39, 0.29) is 25.2 Å². The first-order chi connectivity index (χ1) is 12.8. The monoisotopic (exact) mass is 381 g/mol. The van der Waals surface area contributed by atoms with Crippen LogP contribution in [0.4, 0.5) is 15.8 Å². The molecule has 8 nitrogen and oxygen atoms in total. The number of carbonyl (C=O) groups is 2. The molecule has 2 atom stereocenters. The number of benzene rings is 1. The number of hydrogen-bond donors (Lipinski definition) is 5. The van der Waals surface area contributed by atoms with E-state index in [0.29, 0.717) is 37.3 Å². The van der Waals surface area contributed by atoms with E-state index in [9.17, 15) is 24.2 Å². The van der Waals surface area contributed by atoms with Crippen LogP contribution in [0.15, 0.2) is 18.2 Å². The molecule has 3 rings (SSSR count). The Hall–Kier alpha value is -2.39. The predicted octanol–water partition coefficient (Wildman–Crippen LogP) is 0.641. The second-order valence-corrected chi connectivity index (χ2v) is 7.25. The van der Waals surface area contributed by atoms with Crippen molar-refractivity contribution in [3.05, 3.63) is 24.0 Å². The molecule has 5 N–H and O–H groups in total. The second kappa shape index (κ2) is 7.69. The largest absolute Gasteiger partial charge is 0.481 e. The van der Waals surface area contributed by atoms with Crippen LogP contribution in [0.2, 0.25) is 0 Å². The van der Waals surface area contributed by atoms with Crippen LogP contribution in [0, 0.1) is 5.82 Å². The second-order valence-electron chi connectivity index (χ2n) is 7.25.